The summed E-state index contributed by atoms with van der Waals surface area (Å²) in [5.41, 5.74) is 0.714. The van der Waals surface area contributed by atoms with E-state index in [1.54, 1.807) is 17.0 Å². The minimum Gasteiger partial charge on any atom is -0.494 e. The second-order valence-electron chi connectivity index (χ2n) is 4.83. The van der Waals surface area contributed by atoms with Crippen molar-refractivity contribution in [2.45, 2.75) is 25.1 Å². The summed E-state index contributed by atoms with van der Waals surface area (Å²) in [5, 5.41) is 9.69. The zero-order valence-corrected chi connectivity index (χ0v) is 11.5. The van der Waals surface area contributed by atoms with Crippen LogP contribution in [0.5, 0.6) is 5.75 Å². The molecule has 0 aliphatic carbocycles. The fourth-order valence-corrected chi connectivity index (χ4v) is 2.48. The van der Waals surface area contributed by atoms with E-state index in [4.69, 9.17) is 9.47 Å². The average Bonchev–Trinajstić information content (AvgIpc) is 2.79. The number of hydrogen-bond acceptors (Lipinski definition) is 5. The predicted octanol–water partition coefficient (Wildman–Crippen LogP) is 0.942. The van der Waals surface area contributed by atoms with Gasteiger partial charge in [-0.25, -0.2) is 4.39 Å². The van der Waals surface area contributed by atoms with Gasteiger partial charge < -0.3 is 14.6 Å². The Morgan fingerprint density at radius 2 is 2.25 bits per heavy atom. The highest BCUT2D eigenvalue weighted by molar-refractivity contribution is 5.76. The molecule has 1 N–H and O–H groups in total. The van der Waals surface area contributed by atoms with E-state index in [1.807, 2.05) is 0 Å². The van der Waals surface area contributed by atoms with Gasteiger partial charge in [0, 0.05) is 19.5 Å². The number of methoxy groups -OCH3 is 2. The van der Waals surface area contributed by atoms with Gasteiger partial charge in [0.25, 0.3) is 0 Å². The van der Waals surface area contributed by atoms with Crippen LogP contribution in [0, 0.1) is 5.82 Å². The van der Waals surface area contributed by atoms with Crippen LogP contribution in [-0.4, -0.2) is 48.9 Å². The largest absolute Gasteiger partial charge is 0.494 e. The van der Waals surface area contributed by atoms with Crippen molar-refractivity contribution in [2.24, 2.45) is 0 Å². The minimum absolute atomic E-state index is 0.180. The first kappa shape index (κ1) is 14.7. The molecule has 1 fully saturated rings. The Labute approximate surface area is 116 Å². The zero-order valence-electron chi connectivity index (χ0n) is 11.5. The van der Waals surface area contributed by atoms with Crippen molar-refractivity contribution in [3.05, 3.63) is 29.6 Å². The summed E-state index contributed by atoms with van der Waals surface area (Å²) in [4.78, 5) is 13.4. The molecule has 1 aromatic rings. The maximum absolute atomic E-state index is 13.6. The highest BCUT2D eigenvalue weighted by Gasteiger charge is 2.36. The number of benzene rings is 1. The van der Waals surface area contributed by atoms with Crippen LogP contribution in [0.25, 0.3) is 0 Å². The Bertz CT molecular complexity index is 494. The quantitative estimate of drug-likeness (QED) is 0.834. The number of rotatable bonds is 4. The summed E-state index contributed by atoms with van der Waals surface area (Å²) >= 11 is 0. The third-order valence-corrected chi connectivity index (χ3v) is 3.46. The first-order valence-electron chi connectivity index (χ1n) is 6.37. The molecule has 20 heavy (non-hydrogen) atoms. The van der Waals surface area contributed by atoms with Gasteiger partial charge in [-0.2, -0.15) is 0 Å². The summed E-state index contributed by atoms with van der Waals surface area (Å²) in [6.07, 6.45) is -0.229. The summed E-state index contributed by atoms with van der Waals surface area (Å²) in [6.45, 7) is 0.741. The number of likely N-dealkylation sites (tertiary alicyclic amines) is 1. The van der Waals surface area contributed by atoms with Crippen LogP contribution in [0.4, 0.5) is 4.39 Å². The van der Waals surface area contributed by atoms with Gasteiger partial charge in [-0.05, 0) is 17.7 Å². The lowest BCUT2D eigenvalue weighted by Gasteiger charge is -2.22. The molecule has 1 saturated heterocycles. The number of ether oxygens (including phenoxy) is 2. The topological polar surface area (TPSA) is 59.0 Å². The van der Waals surface area contributed by atoms with E-state index in [-0.39, 0.29) is 11.7 Å². The summed E-state index contributed by atoms with van der Waals surface area (Å²) in [5.74, 6) is -0.644. The number of carbonyl (C=O) groups is 1. The Morgan fingerprint density at radius 1 is 1.50 bits per heavy atom. The second-order valence-corrected chi connectivity index (χ2v) is 4.83. The molecule has 0 amide bonds. The molecule has 110 valence electrons. The summed E-state index contributed by atoms with van der Waals surface area (Å²) < 4.78 is 23.2. The third kappa shape index (κ3) is 3.08. The number of aliphatic hydroxyl groups excluding tert-OH is 1. The molecule has 5 nitrogen and oxygen atoms in total. The molecule has 1 heterocycles. The van der Waals surface area contributed by atoms with Gasteiger partial charge in [-0.15, -0.1) is 0 Å². The van der Waals surface area contributed by atoms with Crippen molar-refractivity contribution in [2.75, 3.05) is 20.8 Å². The molecule has 1 aromatic carbocycles. The Hall–Kier alpha value is -1.66. The molecule has 0 aromatic heterocycles. The van der Waals surface area contributed by atoms with Crippen molar-refractivity contribution in [3.63, 3.8) is 0 Å². The maximum atomic E-state index is 13.6. The molecule has 6 heteroatoms. The predicted molar refractivity (Wildman–Crippen MR) is 69.8 cm³/mol. The Morgan fingerprint density at radius 3 is 2.85 bits per heavy atom. The van der Waals surface area contributed by atoms with E-state index in [9.17, 15) is 14.3 Å². The van der Waals surface area contributed by atoms with Gasteiger partial charge >= 0.3 is 5.97 Å². The second kappa shape index (κ2) is 6.19. The third-order valence-electron chi connectivity index (χ3n) is 3.46. The molecule has 0 bridgehead atoms. The number of hydrogen-bond donors (Lipinski definition) is 1. The van der Waals surface area contributed by atoms with Gasteiger partial charge in [0.15, 0.2) is 11.6 Å². The number of aliphatic hydroxyl groups is 1. The lowest BCUT2D eigenvalue weighted by Crippen LogP contribution is -2.36. The van der Waals surface area contributed by atoms with Crippen molar-refractivity contribution < 1.29 is 23.8 Å². The van der Waals surface area contributed by atoms with Crippen LogP contribution in [0.3, 0.4) is 0 Å². The standard InChI is InChI=1S/C14H18FNO4/c1-19-13-4-3-9(5-11(13)15)7-16-8-10(17)6-12(16)14(18)20-2/h3-5,10,12,17H,6-8H2,1-2H3. The van der Waals surface area contributed by atoms with Crippen LogP contribution >= 0.6 is 0 Å². The molecule has 0 radical (unpaired) electrons. The number of carbonyl (C=O) groups excluding carboxylic acids is 1. The van der Waals surface area contributed by atoms with Crippen molar-refractivity contribution in [1.82, 2.24) is 4.90 Å². The van der Waals surface area contributed by atoms with Crippen molar-refractivity contribution in [3.8, 4) is 5.75 Å². The van der Waals surface area contributed by atoms with Crippen LogP contribution < -0.4 is 4.74 Å². The van der Waals surface area contributed by atoms with Gasteiger partial charge in [-0.1, -0.05) is 6.07 Å². The molecule has 2 atom stereocenters. The fraction of sp³-hybridized carbons (Fsp3) is 0.500. The van der Waals surface area contributed by atoms with Gasteiger partial charge in [-0.3, -0.25) is 9.69 Å². The maximum Gasteiger partial charge on any atom is 0.323 e. The number of halogens is 1. The SMILES string of the molecule is COC(=O)C1CC(O)CN1Cc1ccc(OC)c(F)c1. The lowest BCUT2D eigenvalue weighted by atomic mass is 10.1. The zero-order chi connectivity index (χ0) is 14.7. The number of esters is 1. The highest BCUT2D eigenvalue weighted by Crippen LogP contribution is 2.24. The van der Waals surface area contributed by atoms with Crippen molar-refractivity contribution in [1.29, 1.82) is 0 Å². The summed E-state index contributed by atoms with van der Waals surface area (Å²) in [7, 11) is 2.72. The molecule has 1 aliphatic heterocycles. The summed E-state index contributed by atoms with van der Waals surface area (Å²) in [6, 6.07) is 4.17. The van der Waals surface area contributed by atoms with E-state index in [1.165, 1.54) is 20.3 Å². The minimum atomic E-state index is -0.567. The Kier molecular flexibility index (Phi) is 4.57. The van der Waals surface area contributed by atoms with Crippen molar-refractivity contribution >= 4 is 5.97 Å². The molecular weight excluding hydrogens is 265 g/mol. The number of β-amino-alcohol motifs (C(OH)–C–C–N with tert-alkyl or cyclic N) is 1. The monoisotopic (exact) mass is 283 g/mol. The lowest BCUT2D eigenvalue weighted by molar-refractivity contribution is -0.146. The first-order chi connectivity index (χ1) is 9.55. The van der Waals surface area contributed by atoms with E-state index in [0.717, 1.165) is 0 Å². The van der Waals surface area contributed by atoms with Crippen LogP contribution in [-0.2, 0) is 16.1 Å². The molecule has 0 spiro atoms. The van der Waals surface area contributed by atoms with Gasteiger partial charge in [0.05, 0.1) is 20.3 Å². The van der Waals surface area contributed by atoms with Gasteiger partial charge in [0.1, 0.15) is 6.04 Å². The van der Waals surface area contributed by atoms with E-state index in [0.29, 0.717) is 25.1 Å². The van der Waals surface area contributed by atoms with E-state index < -0.39 is 18.0 Å². The van der Waals surface area contributed by atoms with Gasteiger partial charge in [0.2, 0.25) is 0 Å². The van der Waals surface area contributed by atoms with Crippen LogP contribution in [0.2, 0.25) is 0 Å². The van der Waals surface area contributed by atoms with Crippen LogP contribution in [0.1, 0.15) is 12.0 Å². The highest BCUT2D eigenvalue weighted by atomic mass is 19.1. The van der Waals surface area contributed by atoms with Crippen LogP contribution in [0.15, 0.2) is 18.2 Å². The van der Waals surface area contributed by atoms with E-state index in [2.05, 4.69) is 0 Å². The molecule has 2 rings (SSSR count). The Balaban J connectivity index is 2.11. The first-order valence-corrected chi connectivity index (χ1v) is 6.37. The van der Waals surface area contributed by atoms with E-state index >= 15 is 0 Å². The molecule has 2 unspecified atom stereocenters. The smallest absolute Gasteiger partial charge is 0.323 e. The number of nitrogens with zero attached hydrogens (tertiary/aromatic N) is 1. The molecular formula is C14H18FNO4. The average molecular weight is 283 g/mol. The fourth-order valence-electron chi connectivity index (χ4n) is 2.48. The normalized spacial score (nSPS) is 22.8. The molecule has 1 aliphatic rings. The molecule has 0 saturated carbocycles.